The third kappa shape index (κ3) is 8.38. The molecule has 0 aromatic heterocycles. The number of thioether (sulfide) groups is 1. The molecule has 0 spiro atoms. The average Bonchev–Trinajstić information content (AvgIpc) is 2.77. The summed E-state index contributed by atoms with van der Waals surface area (Å²) < 4.78 is 0. The molecule has 2 aromatic rings. The fourth-order valence-electron chi connectivity index (χ4n) is 3.72. The van der Waals surface area contributed by atoms with Crippen molar-refractivity contribution in [1.82, 2.24) is 0 Å². The number of carbonyl (C=O) groups is 1. The largest absolute Gasteiger partial charge is 0.289 e. The summed E-state index contributed by atoms with van der Waals surface area (Å²) in [6.45, 7) is 4.45. The molecule has 0 radical (unpaired) electrons. The quantitative estimate of drug-likeness (QED) is 0.166. The summed E-state index contributed by atoms with van der Waals surface area (Å²) in [5.74, 6) is 1.24. The van der Waals surface area contributed by atoms with Crippen LogP contribution in [-0.2, 0) is 6.42 Å². The SMILES string of the molecule is CCCCCCCCCCCCSc1c(CC)cccc1C(=O)c1ccccc1. The molecule has 158 valence electrons. The van der Waals surface area contributed by atoms with Gasteiger partial charge in [-0.25, -0.2) is 0 Å². The van der Waals surface area contributed by atoms with Crippen molar-refractivity contribution in [2.45, 2.75) is 89.4 Å². The van der Waals surface area contributed by atoms with Crippen LogP contribution < -0.4 is 0 Å². The number of aryl methyl sites for hydroxylation is 1. The van der Waals surface area contributed by atoms with Crippen LogP contribution >= 0.6 is 11.8 Å². The molecule has 0 atom stereocenters. The zero-order valence-electron chi connectivity index (χ0n) is 18.4. The normalized spacial score (nSPS) is 11.0. The summed E-state index contributed by atoms with van der Waals surface area (Å²) in [6, 6.07) is 15.9. The van der Waals surface area contributed by atoms with Gasteiger partial charge in [-0.2, -0.15) is 0 Å². The minimum atomic E-state index is 0.145. The van der Waals surface area contributed by atoms with Gasteiger partial charge >= 0.3 is 0 Å². The first-order valence-corrected chi connectivity index (χ1v) is 12.6. The van der Waals surface area contributed by atoms with Gasteiger partial charge in [0.1, 0.15) is 0 Å². The Balaban J connectivity index is 1.79. The van der Waals surface area contributed by atoms with Gasteiger partial charge in [0.05, 0.1) is 0 Å². The predicted octanol–water partition coefficient (Wildman–Crippen LogP) is 8.49. The minimum absolute atomic E-state index is 0.145. The van der Waals surface area contributed by atoms with Crippen LogP contribution in [0.25, 0.3) is 0 Å². The maximum absolute atomic E-state index is 13.0. The highest BCUT2D eigenvalue weighted by Gasteiger charge is 2.16. The van der Waals surface area contributed by atoms with E-state index in [-0.39, 0.29) is 5.78 Å². The van der Waals surface area contributed by atoms with Gasteiger partial charge in [-0.15, -0.1) is 11.8 Å². The molecule has 0 bridgehead atoms. The van der Waals surface area contributed by atoms with Gasteiger partial charge in [-0.1, -0.05) is 114 Å². The van der Waals surface area contributed by atoms with E-state index >= 15 is 0 Å². The van der Waals surface area contributed by atoms with Gasteiger partial charge in [-0.05, 0) is 30.2 Å². The number of benzene rings is 2. The lowest BCUT2D eigenvalue weighted by atomic mass is 10.0. The molecule has 0 amide bonds. The van der Waals surface area contributed by atoms with Crippen molar-refractivity contribution in [2.75, 3.05) is 5.75 Å². The molecule has 0 aliphatic rings. The Morgan fingerprint density at radius 1 is 0.724 bits per heavy atom. The second kappa shape index (κ2) is 14.4. The van der Waals surface area contributed by atoms with Crippen LogP contribution in [-0.4, -0.2) is 11.5 Å². The molecule has 0 aliphatic heterocycles. The third-order valence-electron chi connectivity index (χ3n) is 5.50. The number of hydrogen-bond acceptors (Lipinski definition) is 2. The van der Waals surface area contributed by atoms with Gasteiger partial charge < -0.3 is 0 Å². The highest BCUT2D eigenvalue weighted by molar-refractivity contribution is 7.99. The summed E-state index contributed by atoms with van der Waals surface area (Å²) in [4.78, 5) is 14.2. The van der Waals surface area contributed by atoms with Gasteiger partial charge in [0.2, 0.25) is 0 Å². The first kappa shape index (κ1) is 23.7. The number of unbranched alkanes of at least 4 members (excludes halogenated alkanes) is 9. The number of carbonyl (C=O) groups excluding carboxylic acids is 1. The second-order valence-electron chi connectivity index (χ2n) is 7.87. The van der Waals surface area contributed by atoms with Crippen LogP contribution in [0.4, 0.5) is 0 Å². The van der Waals surface area contributed by atoms with Crippen LogP contribution in [0, 0.1) is 0 Å². The molecule has 2 aromatic carbocycles. The third-order valence-corrected chi connectivity index (χ3v) is 6.77. The molecule has 1 nitrogen and oxygen atoms in total. The Morgan fingerprint density at radius 3 is 1.97 bits per heavy atom. The van der Waals surface area contributed by atoms with E-state index in [1.54, 1.807) is 0 Å². The van der Waals surface area contributed by atoms with E-state index in [9.17, 15) is 4.79 Å². The summed E-state index contributed by atoms with van der Waals surface area (Å²) in [7, 11) is 0. The molecule has 0 aliphatic carbocycles. The van der Waals surface area contributed by atoms with E-state index in [4.69, 9.17) is 0 Å². The lowest BCUT2D eigenvalue weighted by Crippen LogP contribution is -2.05. The molecule has 0 fully saturated rings. The van der Waals surface area contributed by atoms with E-state index in [2.05, 4.69) is 19.9 Å². The highest BCUT2D eigenvalue weighted by Crippen LogP contribution is 2.30. The topological polar surface area (TPSA) is 17.1 Å². The number of hydrogen-bond donors (Lipinski definition) is 0. The predicted molar refractivity (Wildman–Crippen MR) is 128 cm³/mol. The van der Waals surface area contributed by atoms with Crippen molar-refractivity contribution in [3.63, 3.8) is 0 Å². The molecule has 2 heteroatoms. The van der Waals surface area contributed by atoms with Crippen LogP contribution in [0.15, 0.2) is 53.4 Å². The lowest BCUT2D eigenvalue weighted by molar-refractivity contribution is 0.103. The number of rotatable bonds is 15. The zero-order valence-corrected chi connectivity index (χ0v) is 19.2. The molecule has 29 heavy (non-hydrogen) atoms. The van der Waals surface area contributed by atoms with Gasteiger partial charge in [-0.3, -0.25) is 4.79 Å². The maximum atomic E-state index is 13.0. The van der Waals surface area contributed by atoms with Gasteiger partial charge in [0.15, 0.2) is 5.78 Å². The van der Waals surface area contributed by atoms with Crippen molar-refractivity contribution in [1.29, 1.82) is 0 Å². The van der Waals surface area contributed by atoms with Crippen molar-refractivity contribution < 1.29 is 4.79 Å². The van der Waals surface area contributed by atoms with E-state index in [0.717, 1.165) is 23.3 Å². The first-order valence-electron chi connectivity index (χ1n) is 11.6. The Labute approximate surface area is 182 Å². The van der Waals surface area contributed by atoms with Crippen molar-refractivity contribution in [3.05, 3.63) is 65.2 Å². The van der Waals surface area contributed by atoms with Crippen LogP contribution in [0.3, 0.4) is 0 Å². The second-order valence-corrected chi connectivity index (χ2v) is 8.98. The van der Waals surface area contributed by atoms with Crippen LogP contribution in [0.1, 0.15) is 99.5 Å². The van der Waals surface area contributed by atoms with E-state index < -0.39 is 0 Å². The highest BCUT2D eigenvalue weighted by atomic mass is 32.2. The monoisotopic (exact) mass is 410 g/mol. The lowest BCUT2D eigenvalue weighted by Gasteiger charge is -2.13. The fourth-order valence-corrected chi connectivity index (χ4v) is 4.99. The maximum Gasteiger partial charge on any atom is 0.194 e. The van der Waals surface area contributed by atoms with E-state index in [1.165, 1.54) is 74.7 Å². The minimum Gasteiger partial charge on any atom is -0.289 e. The Morgan fingerprint density at radius 2 is 1.34 bits per heavy atom. The van der Waals surface area contributed by atoms with Gasteiger partial charge in [0.25, 0.3) is 0 Å². The summed E-state index contributed by atoms with van der Waals surface area (Å²) in [5.41, 5.74) is 2.94. The number of ketones is 1. The van der Waals surface area contributed by atoms with Crippen molar-refractivity contribution in [2.24, 2.45) is 0 Å². The van der Waals surface area contributed by atoms with Crippen molar-refractivity contribution >= 4 is 17.5 Å². The van der Waals surface area contributed by atoms with Crippen LogP contribution in [0.2, 0.25) is 0 Å². The molecule has 0 unspecified atom stereocenters. The van der Waals surface area contributed by atoms with Crippen molar-refractivity contribution in [3.8, 4) is 0 Å². The Hall–Kier alpha value is -1.54. The first-order chi connectivity index (χ1) is 14.3. The molecule has 0 saturated carbocycles. The molecule has 0 N–H and O–H groups in total. The zero-order chi connectivity index (χ0) is 20.7. The van der Waals surface area contributed by atoms with E-state index in [1.807, 2.05) is 54.2 Å². The average molecular weight is 411 g/mol. The molecule has 0 saturated heterocycles. The van der Waals surface area contributed by atoms with Gasteiger partial charge in [0, 0.05) is 16.0 Å². The Kier molecular flexibility index (Phi) is 11.8. The molecular weight excluding hydrogens is 372 g/mol. The standard InChI is InChI=1S/C27H38OS/c1-3-5-6-7-8-9-10-11-12-16-22-29-27-23(4-2)20-17-21-25(27)26(28)24-18-14-13-15-19-24/h13-15,17-21H,3-12,16,22H2,1-2H3. The molecular formula is C27H38OS. The van der Waals surface area contributed by atoms with Crippen LogP contribution in [0.5, 0.6) is 0 Å². The molecule has 2 rings (SSSR count). The summed E-state index contributed by atoms with van der Waals surface area (Å²) >= 11 is 1.88. The van der Waals surface area contributed by atoms with E-state index in [0.29, 0.717) is 0 Å². The summed E-state index contributed by atoms with van der Waals surface area (Å²) in [5, 5.41) is 0. The summed E-state index contributed by atoms with van der Waals surface area (Å²) in [6.07, 6.45) is 14.6. The Bertz CT molecular complexity index is 708. The molecule has 0 heterocycles. The fraction of sp³-hybridized carbons (Fsp3) is 0.519. The smallest absolute Gasteiger partial charge is 0.194 e.